The van der Waals surface area contributed by atoms with Crippen molar-refractivity contribution in [1.82, 2.24) is 14.9 Å². The number of aromatic nitrogens is 2. The number of anilines is 2. The summed E-state index contributed by atoms with van der Waals surface area (Å²) >= 11 is 0. The van der Waals surface area contributed by atoms with E-state index in [0.29, 0.717) is 6.54 Å². The van der Waals surface area contributed by atoms with Crippen molar-refractivity contribution in [3.63, 3.8) is 0 Å². The predicted molar refractivity (Wildman–Crippen MR) is 102 cm³/mol. The second-order valence-corrected chi connectivity index (χ2v) is 8.20. The Morgan fingerprint density at radius 2 is 2.04 bits per heavy atom. The first-order valence-corrected chi connectivity index (χ1v) is 9.98. The van der Waals surface area contributed by atoms with Crippen molar-refractivity contribution in [3.05, 3.63) is 41.7 Å². The molecule has 0 saturated carbocycles. The lowest BCUT2D eigenvalue weighted by molar-refractivity contribution is 0.425. The molecular formula is C17H24N6O2S. The summed E-state index contributed by atoms with van der Waals surface area (Å²) in [6, 6.07) is 7.00. The summed E-state index contributed by atoms with van der Waals surface area (Å²) < 4.78 is 23.2. The van der Waals surface area contributed by atoms with Gasteiger partial charge in [-0.15, -0.1) is 0 Å². The third-order valence-electron chi connectivity index (χ3n) is 4.36. The third kappa shape index (κ3) is 4.48. The second-order valence-electron chi connectivity index (χ2n) is 6.64. The van der Waals surface area contributed by atoms with Crippen molar-refractivity contribution in [2.45, 2.75) is 17.9 Å². The average molecular weight is 376 g/mol. The fraction of sp³-hybridized carbons (Fsp3) is 0.412. The summed E-state index contributed by atoms with van der Waals surface area (Å²) in [4.78, 5) is 13.0. The average Bonchev–Trinajstić information content (AvgIpc) is 2.60. The van der Waals surface area contributed by atoms with Gasteiger partial charge in [0, 0.05) is 32.2 Å². The van der Waals surface area contributed by atoms with Crippen LogP contribution >= 0.6 is 0 Å². The van der Waals surface area contributed by atoms with E-state index >= 15 is 0 Å². The number of primary sulfonamides is 1. The maximum Gasteiger partial charge on any atom is 0.238 e. The van der Waals surface area contributed by atoms with Crippen LogP contribution < -0.4 is 15.4 Å². The Balaban J connectivity index is 1.76. The molecule has 1 aliphatic heterocycles. The highest BCUT2D eigenvalue weighted by Gasteiger charge is 2.20. The lowest BCUT2D eigenvalue weighted by Crippen LogP contribution is -2.31. The largest absolute Gasteiger partial charge is 0.369 e. The number of nitrogens with one attached hydrogen (secondary N) is 1. The molecule has 8 nitrogen and oxygen atoms in total. The number of hydrogen-bond donors (Lipinski definition) is 2. The van der Waals surface area contributed by atoms with E-state index in [0.717, 1.165) is 48.8 Å². The molecule has 1 aliphatic rings. The van der Waals surface area contributed by atoms with Gasteiger partial charge in [0.15, 0.2) is 0 Å². The van der Waals surface area contributed by atoms with E-state index in [1.54, 1.807) is 18.5 Å². The minimum absolute atomic E-state index is 0.145. The van der Waals surface area contributed by atoms with Crippen LogP contribution in [-0.2, 0) is 23.0 Å². The zero-order chi connectivity index (χ0) is 18.7. The molecule has 0 fully saturated rings. The van der Waals surface area contributed by atoms with Crippen molar-refractivity contribution in [2.24, 2.45) is 5.14 Å². The van der Waals surface area contributed by atoms with Crippen LogP contribution in [0, 0.1) is 0 Å². The van der Waals surface area contributed by atoms with E-state index in [2.05, 4.69) is 25.1 Å². The predicted octanol–water partition coefficient (Wildman–Crippen LogP) is 0.660. The van der Waals surface area contributed by atoms with Crippen LogP contribution in [0.1, 0.15) is 11.1 Å². The summed E-state index contributed by atoms with van der Waals surface area (Å²) in [6.07, 6.45) is 2.37. The molecule has 1 aromatic carbocycles. The molecule has 2 aromatic rings. The van der Waals surface area contributed by atoms with Gasteiger partial charge in [0.2, 0.25) is 10.0 Å². The topological polar surface area (TPSA) is 104 Å². The number of fused-ring (bicyclic) bond motifs is 1. The van der Waals surface area contributed by atoms with Crippen LogP contribution in [0.2, 0.25) is 0 Å². The van der Waals surface area contributed by atoms with Gasteiger partial charge in [-0.2, -0.15) is 0 Å². The van der Waals surface area contributed by atoms with Gasteiger partial charge < -0.3 is 15.1 Å². The molecular weight excluding hydrogens is 352 g/mol. The smallest absolute Gasteiger partial charge is 0.238 e. The Morgan fingerprint density at radius 1 is 1.23 bits per heavy atom. The number of sulfonamides is 1. The Labute approximate surface area is 154 Å². The molecule has 0 atom stereocenters. The third-order valence-corrected chi connectivity index (χ3v) is 5.27. The van der Waals surface area contributed by atoms with Crippen molar-refractivity contribution in [3.8, 4) is 0 Å². The molecule has 0 aliphatic carbocycles. The molecule has 1 aromatic heterocycles. The number of rotatable bonds is 6. The van der Waals surface area contributed by atoms with Gasteiger partial charge in [-0.25, -0.2) is 23.5 Å². The molecule has 0 saturated heterocycles. The molecule has 3 rings (SSSR count). The summed E-state index contributed by atoms with van der Waals surface area (Å²) in [7, 11) is 0.343. The van der Waals surface area contributed by atoms with E-state index in [1.165, 1.54) is 0 Å². The van der Waals surface area contributed by atoms with E-state index < -0.39 is 10.0 Å². The van der Waals surface area contributed by atoms with Crippen LogP contribution in [0.25, 0.3) is 0 Å². The van der Waals surface area contributed by atoms with Gasteiger partial charge in [-0.05, 0) is 43.8 Å². The fourth-order valence-corrected chi connectivity index (χ4v) is 3.49. The van der Waals surface area contributed by atoms with E-state index in [9.17, 15) is 8.42 Å². The van der Waals surface area contributed by atoms with Gasteiger partial charge in [0.05, 0.1) is 4.90 Å². The van der Waals surface area contributed by atoms with Crippen molar-refractivity contribution in [2.75, 3.05) is 43.9 Å². The molecule has 9 heteroatoms. The summed E-state index contributed by atoms with van der Waals surface area (Å²) in [6.45, 7) is 3.11. The molecule has 0 radical (unpaired) electrons. The maximum atomic E-state index is 11.6. The summed E-state index contributed by atoms with van der Waals surface area (Å²) in [5, 5.41) is 8.54. The molecule has 26 heavy (non-hydrogen) atoms. The quantitative estimate of drug-likeness (QED) is 0.763. The number of benzene rings is 1. The standard InChI is InChI=1S/C17H24N6O2S/c1-22(2)8-6-19-16-10-17(21-12-20-16)23-7-5-13-3-4-15(26(18,24)25)9-14(13)11-23/h3-4,9-10,12H,5-8,11H2,1-2H3,(H2,18,24,25)(H,19,20,21). The van der Waals surface area contributed by atoms with Gasteiger partial charge in [-0.1, -0.05) is 6.07 Å². The van der Waals surface area contributed by atoms with Crippen LogP contribution in [0.3, 0.4) is 0 Å². The van der Waals surface area contributed by atoms with Crippen LogP contribution in [0.4, 0.5) is 11.6 Å². The minimum atomic E-state index is -3.70. The summed E-state index contributed by atoms with van der Waals surface area (Å²) in [5.41, 5.74) is 2.11. The number of hydrogen-bond acceptors (Lipinski definition) is 7. The SMILES string of the molecule is CN(C)CCNc1cc(N2CCc3ccc(S(N)(=O)=O)cc3C2)ncn1. The van der Waals surface area contributed by atoms with E-state index in [1.807, 2.05) is 26.2 Å². The fourth-order valence-electron chi connectivity index (χ4n) is 2.93. The Kier molecular flexibility index (Phi) is 5.40. The summed E-state index contributed by atoms with van der Waals surface area (Å²) in [5.74, 6) is 1.60. The second kappa shape index (κ2) is 7.56. The molecule has 2 heterocycles. The molecule has 0 bridgehead atoms. The Morgan fingerprint density at radius 3 is 2.77 bits per heavy atom. The van der Waals surface area contributed by atoms with Gasteiger partial charge in [0.25, 0.3) is 0 Å². The van der Waals surface area contributed by atoms with Crippen LogP contribution in [0.5, 0.6) is 0 Å². The van der Waals surface area contributed by atoms with Crippen LogP contribution in [-0.4, -0.2) is 57.0 Å². The highest BCUT2D eigenvalue weighted by molar-refractivity contribution is 7.89. The van der Waals surface area contributed by atoms with Crippen LogP contribution in [0.15, 0.2) is 35.5 Å². The first kappa shape index (κ1) is 18.6. The van der Waals surface area contributed by atoms with E-state index in [-0.39, 0.29) is 4.90 Å². The number of nitrogens with two attached hydrogens (primary N) is 1. The normalized spacial score (nSPS) is 14.4. The van der Waals surface area contributed by atoms with E-state index in [4.69, 9.17) is 5.14 Å². The Bertz CT molecular complexity index is 885. The highest BCUT2D eigenvalue weighted by atomic mass is 32.2. The monoisotopic (exact) mass is 376 g/mol. The first-order valence-electron chi connectivity index (χ1n) is 8.43. The van der Waals surface area contributed by atoms with Gasteiger partial charge in [-0.3, -0.25) is 0 Å². The number of likely N-dealkylation sites (N-methyl/N-ethyl adjacent to an activating group) is 1. The molecule has 3 N–H and O–H groups in total. The van der Waals surface area contributed by atoms with Crippen molar-refractivity contribution >= 4 is 21.7 Å². The lowest BCUT2D eigenvalue weighted by atomic mass is 10.00. The zero-order valence-corrected chi connectivity index (χ0v) is 15.8. The lowest BCUT2D eigenvalue weighted by Gasteiger charge is -2.30. The van der Waals surface area contributed by atoms with Crippen molar-refractivity contribution < 1.29 is 8.42 Å². The zero-order valence-electron chi connectivity index (χ0n) is 15.0. The molecule has 0 amide bonds. The molecule has 0 spiro atoms. The molecule has 140 valence electrons. The van der Waals surface area contributed by atoms with Gasteiger partial charge in [0.1, 0.15) is 18.0 Å². The van der Waals surface area contributed by atoms with Crippen molar-refractivity contribution in [1.29, 1.82) is 0 Å². The molecule has 0 unspecified atom stereocenters. The van der Waals surface area contributed by atoms with Gasteiger partial charge >= 0.3 is 0 Å². The Hall–Kier alpha value is -2.23. The highest BCUT2D eigenvalue weighted by Crippen LogP contribution is 2.25. The minimum Gasteiger partial charge on any atom is -0.369 e. The maximum absolute atomic E-state index is 11.6. The number of nitrogens with zero attached hydrogens (tertiary/aromatic N) is 4. The first-order chi connectivity index (χ1) is 12.3.